The predicted molar refractivity (Wildman–Crippen MR) is 109 cm³/mol. The van der Waals surface area contributed by atoms with Gasteiger partial charge in [0.2, 0.25) is 0 Å². The Kier molecular flexibility index (Phi) is 4.82. The number of hydrogen-bond acceptors (Lipinski definition) is 4. The second-order valence-corrected chi connectivity index (χ2v) is 8.10. The molecule has 0 radical (unpaired) electrons. The molecule has 0 aromatic heterocycles. The number of halogens is 1. The standard InChI is InChI=1S/C22H22BrNO3/c1-12-8-19(23)18(10-21(12)27-11-25)22-16-5-3-4-15(16)17-9-14(13(2)26)6-7-20(17)24-22/h3-4,6-10,15-16,22,24-25H,5,11H2,1-2H3. The summed E-state index contributed by atoms with van der Waals surface area (Å²) in [5.41, 5.74) is 5.10. The number of aliphatic hydroxyl groups is 1. The van der Waals surface area contributed by atoms with Gasteiger partial charge in [0.1, 0.15) is 5.75 Å². The Morgan fingerprint density at radius 3 is 2.85 bits per heavy atom. The molecule has 27 heavy (non-hydrogen) atoms. The third kappa shape index (κ3) is 3.19. The van der Waals surface area contributed by atoms with E-state index in [9.17, 15) is 9.90 Å². The van der Waals surface area contributed by atoms with Crippen molar-refractivity contribution >= 4 is 27.4 Å². The summed E-state index contributed by atoms with van der Waals surface area (Å²) in [7, 11) is 0. The number of aliphatic hydroxyl groups excluding tert-OH is 1. The van der Waals surface area contributed by atoms with Crippen LogP contribution in [0.25, 0.3) is 0 Å². The number of benzene rings is 2. The number of carbonyl (C=O) groups is 1. The molecule has 0 spiro atoms. The van der Waals surface area contributed by atoms with Crippen LogP contribution in [0.4, 0.5) is 5.69 Å². The molecule has 0 bridgehead atoms. The van der Waals surface area contributed by atoms with E-state index in [1.807, 2.05) is 37.3 Å². The van der Waals surface area contributed by atoms with Crippen molar-refractivity contribution in [3.05, 3.63) is 69.2 Å². The lowest BCUT2D eigenvalue weighted by molar-refractivity contribution is 0.0976. The number of nitrogens with one attached hydrogen (secondary N) is 1. The molecular formula is C22H22BrNO3. The van der Waals surface area contributed by atoms with E-state index < -0.39 is 0 Å². The minimum atomic E-state index is -0.343. The number of anilines is 1. The van der Waals surface area contributed by atoms with Gasteiger partial charge in [0.05, 0.1) is 6.04 Å². The van der Waals surface area contributed by atoms with E-state index in [0.29, 0.717) is 11.7 Å². The molecule has 4 rings (SSSR count). The van der Waals surface area contributed by atoms with Crippen LogP contribution in [-0.2, 0) is 0 Å². The Labute approximate surface area is 167 Å². The molecular weight excluding hydrogens is 406 g/mol. The van der Waals surface area contributed by atoms with Gasteiger partial charge >= 0.3 is 0 Å². The lowest BCUT2D eigenvalue weighted by Gasteiger charge is -2.38. The summed E-state index contributed by atoms with van der Waals surface area (Å²) in [6, 6.07) is 10.1. The van der Waals surface area contributed by atoms with Crippen LogP contribution in [-0.4, -0.2) is 17.7 Å². The molecule has 1 aliphatic heterocycles. The summed E-state index contributed by atoms with van der Waals surface area (Å²) in [6.45, 7) is 3.23. The zero-order valence-corrected chi connectivity index (χ0v) is 16.9. The average Bonchev–Trinajstić information content (AvgIpc) is 3.13. The van der Waals surface area contributed by atoms with Crippen molar-refractivity contribution in [3.63, 3.8) is 0 Å². The minimum absolute atomic E-state index is 0.0884. The van der Waals surface area contributed by atoms with Crippen molar-refractivity contribution in [2.24, 2.45) is 5.92 Å². The first-order chi connectivity index (χ1) is 13.0. The van der Waals surface area contributed by atoms with E-state index in [1.165, 1.54) is 5.56 Å². The number of hydrogen-bond donors (Lipinski definition) is 2. The second kappa shape index (κ2) is 7.13. The highest BCUT2D eigenvalue weighted by Gasteiger charge is 2.39. The van der Waals surface area contributed by atoms with Crippen LogP contribution >= 0.6 is 15.9 Å². The van der Waals surface area contributed by atoms with Crippen LogP contribution in [0.15, 0.2) is 47.0 Å². The zero-order valence-electron chi connectivity index (χ0n) is 15.3. The van der Waals surface area contributed by atoms with E-state index >= 15 is 0 Å². The number of carbonyl (C=O) groups excluding carboxylic acids is 1. The van der Waals surface area contributed by atoms with E-state index in [0.717, 1.165) is 33.3 Å². The topological polar surface area (TPSA) is 58.6 Å². The first-order valence-electron chi connectivity index (χ1n) is 9.11. The molecule has 4 nitrogen and oxygen atoms in total. The quantitative estimate of drug-likeness (QED) is 0.404. The molecule has 2 aromatic rings. The molecule has 2 N–H and O–H groups in total. The number of Topliss-reactive ketones (excluding diaryl/α,β-unsaturated/α-hetero) is 1. The number of allylic oxidation sites excluding steroid dienone is 2. The van der Waals surface area contributed by atoms with Crippen LogP contribution in [0.3, 0.4) is 0 Å². The molecule has 0 saturated carbocycles. The SMILES string of the molecule is CC(=O)c1ccc2c(c1)C1C=CCC1C(c1cc(OCO)c(C)cc1Br)N2. The zero-order chi connectivity index (χ0) is 19.1. The van der Waals surface area contributed by atoms with Gasteiger partial charge in [-0.2, -0.15) is 0 Å². The molecule has 0 saturated heterocycles. The summed E-state index contributed by atoms with van der Waals surface area (Å²) < 4.78 is 6.43. The van der Waals surface area contributed by atoms with Crippen LogP contribution < -0.4 is 10.1 Å². The fraction of sp³-hybridized carbons (Fsp3) is 0.318. The van der Waals surface area contributed by atoms with Crippen LogP contribution in [0.5, 0.6) is 5.75 Å². The van der Waals surface area contributed by atoms with Gasteiger partial charge in [-0.25, -0.2) is 0 Å². The summed E-state index contributed by atoms with van der Waals surface area (Å²) in [6.07, 6.45) is 5.46. The molecule has 0 fully saturated rings. The molecule has 0 amide bonds. The highest BCUT2D eigenvalue weighted by Crippen LogP contribution is 2.51. The normalized spacial score (nSPS) is 22.7. The highest BCUT2D eigenvalue weighted by atomic mass is 79.9. The molecule has 3 atom stereocenters. The first kappa shape index (κ1) is 18.3. The van der Waals surface area contributed by atoms with Crippen molar-refractivity contribution in [3.8, 4) is 5.75 Å². The third-order valence-electron chi connectivity index (χ3n) is 5.62. The van der Waals surface area contributed by atoms with Crippen LogP contribution in [0.1, 0.15) is 52.4 Å². The molecule has 3 unspecified atom stereocenters. The number of rotatable bonds is 4. The number of ether oxygens (including phenoxy) is 1. The molecule has 5 heteroatoms. The maximum absolute atomic E-state index is 11.8. The van der Waals surface area contributed by atoms with Crippen LogP contribution in [0.2, 0.25) is 0 Å². The first-order valence-corrected chi connectivity index (χ1v) is 9.90. The van der Waals surface area contributed by atoms with Crippen molar-refractivity contribution in [2.75, 3.05) is 12.1 Å². The van der Waals surface area contributed by atoms with Gasteiger partial charge in [-0.3, -0.25) is 4.79 Å². The lowest BCUT2D eigenvalue weighted by atomic mass is 9.76. The number of aryl methyl sites for hydroxylation is 1. The van der Waals surface area contributed by atoms with Crippen LogP contribution in [0, 0.1) is 12.8 Å². The van der Waals surface area contributed by atoms with E-state index in [2.05, 4.69) is 33.4 Å². The third-order valence-corrected chi connectivity index (χ3v) is 6.31. The largest absolute Gasteiger partial charge is 0.467 e. The molecule has 140 valence electrons. The Morgan fingerprint density at radius 1 is 1.30 bits per heavy atom. The Bertz CT molecular complexity index is 937. The van der Waals surface area contributed by atoms with Gasteiger partial charge in [-0.15, -0.1) is 0 Å². The van der Waals surface area contributed by atoms with Gasteiger partial charge in [0.15, 0.2) is 12.6 Å². The number of fused-ring (bicyclic) bond motifs is 3. The van der Waals surface area contributed by atoms with Gasteiger partial charge < -0.3 is 15.2 Å². The molecule has 1 aliphatic carbocycles. The smallest absolute Gasteiger partial charge is 0.186 e. The van der Waals surface area contributed by atoms with Gasteiger partial charge in [-0.1, -0.05) is 28.1 Å². The van der Waals surface area contributed by atoms with E-state index in [-0.39, 0.29) is 24.5 Å². The van der Waals surface area contributed by atoms with Gasteiger partial charge in [0, 0.05) is 21.6 Å². The lowest BCUT2D eigenvalue weighted by Crippen LogP contribution is -2.29. The van der Waals surface area contributed by atoms with E-state index in [4.69, 9.17) is 4.74 Å². The van der Waals surface area contributed by atoms with Crippen molar-refractivity contribution in [2.45, 2.75) is 32.2 Å². The predicted octanol–water partition coefficient (Wildman–Crippen LogP) is 5.12. The maximum atomic E-state index is 11.8. The van der Waals surface area contributed by atoms with Crippen molar-refractivity contribution in [1.82, 2.24) is 0 Å². The number of ketones is 1. The monoisotopic (exact) mass is 427 g/mol. The Hall–Kier alpha value is -2.11. The summed E-state index contributed by atoms with van der Waals surface area (Å²) >= 11 is 3.71. The molecule has 1 heterocycles. The summed E-state index contributed by atoms with van der Waals surface area (Å²) in [5.74, 6) is 1.42. The van der Waals surface area contributed by atoms with E-state index in [1.54, 1.807) is 6.92 Å². The minimum Gasteiger partial charge on any atom is -0.467 e. The Morgan fingerprint density at radius 2 is 2.11 bits per heavy atom. The molecule has 2 aliphatic rings. The average molecular weight is 428 g/mol. The maximum Gasteiger partial charge on any atom is 0.186 e. The van der Waals surface area contributed by atoms with Crippen molar-refractivity contribution in [1.29, 1.82) is 0 Å². The molecule has 2 aromatic carbocycles. The highest BCUT2D eigenvalue weighted by molar-refractivity contribution is 9.10. The second-order valence-electron chi connectivity index (χ2n) is 7.25. The van der Waals surface area contributed by atoms with Crippen molar-refractivity contribution < 1.29 is 14.6 Å². The fourth-order valence-corrected chi connectivity index (χ4v) is 4.96. The van der Waals surface area contributed by atoms with Gasteiger partial charge in [-0.05, 0) is 73.2 Å². The summed E-state index contributed by atoms with van der Waals surface area (Å²) in [5, 5.41) is 12.9. The fourth-order valence-electron chi connectivity index (χ4n) is 4.25. The van der Waals surface area contributed by atoms with Gasteiger partial charge in [0.25, 0.3) is 0 Å². The summed E-state index contributed by atoms with van der Waals surface area (Å²) in [4.78, 5) is 11.8. The Balaban J connectivity index is 1.78.